The molecule has 1 aromatic carbocycles. The first-order chi connectivity index (χ1) is 8.69. The zero-order valence-corrected chi connectivity index (χ0v) is 11.4. The lowest BCUT2D eigenvalue weighted by molar-refractivity contribution is 0.0912. The second-order valence-electron chi connectivity index (χ2n) is 4.69. The van der Waals surface area contributed by atoms with Crippen molar-refractivity contribution in [3.63, 3.8) is 0 Å². The maximum absolute atomic E-state index is 12.0. The Hall–Kier alpha value is -1.06. The van der Waals surface area contributed by atoms with E-state index in [2.05, 4.69) is 17.1 Å². The number of hydrogen-bond donors (Lipinski definition) is 1. The Kier molecular flexibility index (Phi) is 4.61. The van der Waals surface area contributed by atoms with Crippen LogP contribution in [0.15, 0.2) is 24.3 Å². The standard InChI is InChI=1S/C14H19ClN2O/c1-2-17-8-6-13(7-9-17)16-14(18)11-4-3-5-12(15)10-11/h3-5,10,13H,2,6-9H2,1H3,(H,16,18). The fourth-order valence-electron chi connectivity index (χ4n) is 2.29. The monoisotopic (exact) mass is 266 g/mol. The average molecular weight is 267 g/mol. The number of rotatable bonds is 3. The van der Waals surface area contributed by atoms with Crippen LogP contribution < -0.4 is 5.32 Å². The van der Waals surface area contributed by atoms with Crippen molar-refractivity contribution in [3.05, 3.63) is 34.9 Å². The van der Waals surface area contributed by atoms with E-state index in [1.807, 2.05) is 0 Å². The van der Waals surface area contributed by atoms with Crippen molar-refractivity contribution < 1.29 is 4.79 Å². The van der Waals surface area contributed by atoms with Crippen LogP contribution >= 0.6 is 11.6 Å². The number of nitrogens with one attached hydrogen (secondary N) is 1. The number of nitrogens with zero attached hydrogens (tertiary/aromatic N) is 1. The molecule has 1 N–H and O–H groups in total. The highest BCUT2D eigenvalue weighted by molar-refractivity contribution is 6.30. The average Bonchev–Trinajstić information content (AvgIpc) is 2.39. The van der Waals surface area contributed by atoms with Gasteiger partial charge in [-0.1, -0.05) is 24.6 Å². The fraction of sp³-hybridized carbons (Fsp3) is 0.500. The van der Waals surface area contributed by atoms with Gasteiger partial charge >= 0.3 is 0 Å². The molecular weight excluding hydrogens is 248 g/mol. The Morgan fingerprint density at radius 3 is 2.78 bits per heavy atom. The summed E-state index contributed by atoms with van der Waals surface area (Å²) in [6.07, 6.45) is 2.06. The molecule has 1 aromatic rings. The number of carbonyl (C=O) groups is 1. The third-order valence-electron chi connectivity index (χ3n) is 3.46. The maximum atomic E-state index is 12.0. The Labute approximate surface area is 113 Å². The molecular formula is C14H19ClN2O. The van der Waals surface area contributed by atoms with E-state index >= 15 is 0 Å². The van der Waals surface area contributed by atoms with Crippen LogP contribution in [0.2, 0.25) is 5.02 Å². The van der Waals surface area contributed by atoms with E-state index in [1.54, 1.807) is 24.3 Å². The molecule has 0 radical (unpaired) electrons. The molecule has 0 aromatic heterocycles. The predicted octanol–water partition coefficient (Wildman–Crippen LogP) is 2.55. The molecule has 0 aliphatic carbocycles. The molecule has 1 fully saturated rings. The van der Waals surface area contributed by atoms with E-state index in [-0.39, 0.29) is 5.91 Å². The van der Waals surface area contributed by atoms with Crippen LogP contribution in [0.5, 0.6) is 0 Å². The summed E-state index contributed by atoms with van der Waals surface area (Å²) in [5.41, 5.74) is 0.639. The molecule has 0 atom stereocenters. The zero-order valence-electron chi connectivity index (χ0n) is 10.7. The van der Waals surface area contributed by atoms with Crippen LogP contribution in [0, 0.1) is 0 Å². The Balaban J connectivity index is 1.89. The van der Waals surface area contributed by atoms with Crippen molar-refractivity contribution in [1.29, 1.82) is 0 Å². The minimum atomic E-state index is -0.0209. The summed E-state index contributed by atoms with van der Waals surface area (Å²) in [5.74, 6) is -0.0209. The number of likely N-dealkylation sites (tertiary alicyclic amines) is 1. The lowest BCUT2D eigenvalue weighted by atomic mass is 10.0. The third kappa shape index (κ3) is 3.47. The van der Waals surface area contributed by atoms with E-state index in [0.717, 1.165) is 32.5 Å². The summed E-state index contributed by atoms with van der Waals surface area (Å²) < 4.78 is 0. The Morgan fingerprint density at radius 2 is 2.17 bits per heavy atom. The van der Waals surface area contributed by atoms with E-state index in [9.17, 15) is 4.79 Å². The summed E-state index contributed by atoms with van der Waals surface area (Å²) in [6, 6.07) is 7.37. The molecule has 3 nitrogen and oxygen atoms in total. The van der Waals surface area contributed by atoms with Crippen LogP contribution in [0.1, 0.15) is 30.1 Å². The van der Waals surface area contributed by atoms with Gasteiger partial charge in [-0.15, -0.1) is 0 Å². The minimum absolute atomic E-state index is 0.0209. The number of carbonyl (C=O) groups excluding carboxylic acids is 1. The number of hydrogen-bond acceptors (Lipinski definition) is 2. The molecule has 0 saturated carbocycles. The van der Waals surface area contributed by atoms with Crippen LogP contribution in [-0.2, 0) is 0 Å². The van der Waals surface area contributed by atoms with Gasteiger partial charge in [0.25, 0.3) is 5.91 Å². The second-order valence-corrected chi connectivity index (χ2v) is 5.13. The van der Waals surface area contributed by atoms with Gasteiger partial charge in [0, 0.05) is 29.7 Å². The zero-order chi connectivity index (χ0) is 13.0. The van der Waals surface area contributed by atoms with Crippen LogP contribution in [0.4, 0.5) is 0 Å². The highest BCUT2D eigenvalue weighted by atomic mass is 35.5. The van der Waals surface area contributed by atoms with Crippen molar-refractivity contribution in [2.24, 2.45) is 0 Å². The molecule has 1 heterocycles. The lowest BCUT2D eigenvalue weighted by Crippen LogP contribution is -2.44. The minimum Gasteiger partial charge on any atom is -0.349 e. The number of halogens is 1. The molecule has 1 aliphatic rings. The first-order valence-corrected chi connectivity index (χ1v) is 6.85. The maximum Gasteiger partial charge on any atom is 0.251 e. The highest BCUT2D eigenvalue weighted by Crippen LogP contribution is 2.13. The van der Waals surface area contributed by atoms with Crippen molar-refractivity contribution in [1.82, 2.24) is 10.2 Å². The van der Waals surface area contributed by atoms with Gasteiger partial charge in [-0.05, 0) is 37.6 Å². The lowest BCUT2D eigenvalue weighted by Gasteiger charge is -2.31. The van der Waals surface area contributed by atoms with Gasteiger partial charge in [-0.25, -0.2) is 0 Å². The molecule has 1 aliphatic heterocycles. The van der Waals surface area contributed by atoms with Crippen molar-refractivity contribution in [3.8, 4) is 0 Å². The molecule has 0 spiro atoms. The molecule has 2 rings (SSSR count). The number of amides is 1. The van der Waals surface area contributed by atoms with Gasteiger partial charge in [-0.3, -0.25) is 4.79 Å². The summed E-state index contributed by atoms with van der Waals surface area (Å²) in [7, 11) is 0. The van der Waals surface area contributed by atoms with Gasteiger partial charge in [0.1, 0.15) is 0 Å². The molecule has 0 unspecified atom stereocenters. The molecule has 18 heavy (non-hydrogen) atoms. The molecule has 1 amide bonds. The molecule has 98 valence electrons. The van der Waals surface area contributed by atoms with Gasteiger partial charge in [-0.2, -0.15) is 0 Å². The normalized spacial score (nSPS) is 17.7. The first kappa shape index (κ1) is 13.4. The van der Waals surface area contributed by atoms with Crippen molar-refractivity contribution >= 4 is 17.5 Å². The second kappa shape index (κ2) is 6.21. The summed E-state index contributed by atoms with van der Waals surface area (Å²) in [5, 5.41) is 3.68. The Bertz CT molecular complexity index is 414. The van der Waals surface area contributed by atoms with E-state index in [1.165, 1.54) is 0 Å². The fourth-order valence-corrected chi connectivity index (χ4v) is 2.48. The quantitative estimate of drug-likeness (QED) is 0.912. The van der Waals surface area contributed by atoms with Crippen LogP contribution in [-0.4, -0.2) is 36.5 Å². The number of benzene rings is 1. The molecule has 4 heteroatoms. The summed E-state index contributed by atoms with van der Waals surface area (Å²) >= 11 is 5.88. The third-order valence-corrected chi connectivity index (χ3v) is 3.69. The van der Waals surface area contributed by atoms with Gasteiger partial charge < -0.3 is 10.2 Å². The van der Waals surface area contributed by atoms with Crippen molar-refractivity contribution in [2.45, 2.75) is 25.8 Å². The summed E-state index contributed by atoms with van der Waals surface area (Å²) in [4.78, 5) is 14.4. The summed E-state index contributed by atoms with van der Waals surface area (Å²) in [6.45, 7) is 5.40. The van der Waals surface area contributed by atoms with Crippen LogP contribution in [0.3, 0.4) is 0 Å². The predicted molar refractivity (Wildman–Crippen MR) is 74.1 cm³/mol. The smallest absolute Gasteiger partial charge is 0.251 e. The molecule has 1 saturated heterocycles. The van der Waals surface area contributed by atoms with E-state index in [0.29, 0.717) is 16.6 Å². The van der Waals surface area contributed by atoms with Crippen molar-refractivity contribution in [2.75, 3.05) is 19.6 Å². The van der Waals surface area contributed by atoms with Gasteiger partial charge in [0.2, 0.25) is 0 Å². The highest BCUT2D eigenvalue weighted by Gasteiger charge is 2.20. The SMILES string of the molecule is CCN1CCC(NC(=O)c2cccc(Cl)c2)CC1. The van der Waals surface area contributed by atoms with Crippen LogP contribution in [0.25, 0.3) is 0 Å². The number of piperidine rings is 1. The Morgan fingerprint density at radius 1 is 1.44 bits per heavy atom. The first-order valence-electron chi connectivity index (χ1n) is 6.48. The molecule has 0 bridgehead atoms. The topological polar surface area (TPSA) is 32.3 Å². The van der Waals surface area contributed by atoms with Gasteiger partial charge in [0.15, 0.2) is 0 Å². The van der Waals surface area contributed by atoms with Gasteiger partial charge in [0.05, 0.1) is 0 Å². The van der Waals surface area contributed by atoms with E-state index in [4.69, 9.17) is 11.6 Å². The van der Waals surface area contributed by atoms with E-state index < -0.39 is 0 Å². The largest absolute Gasteiger partial charge is 0.349 e.